The molecule has 1 aromatic heterocycles. The molecule has 44 heavy (non-hydrogen) atoms. The Kier molecular flexibility index (Phi) is 11.2. The Bertz CT molecular complexity index is 1490. The summed E-state index contributed by atoms with van der Waals surface area (Å²) in [5, 5.41) is 11.7. The highest BCUT2D eigenvalue weighted by molar-refractivity contribution is 7.17. The second-order valence-electron chi connectivity index (χ2n) is 11.1. The maximum atomic E-state index is 13.6. The summed E-state index contributed by atoms with van der Waals surface area (Å²) in [7, 11) is 0. The fraction of sp³-hybridized carbons (Fsp3) is 0.412. The summed E-state index contributed by atoms with van der Waals surface area (Å²) in [4.78, 5) is 46.0. The van der Waals surface area contributed by atoms with Crippen molar-refractivity contribution in [2.24, 2.45) is 5.92 Å². The van der Waals surface area contributed by atoms with Crippen molar-refractivity contribution < 1.29 is 33.7 Å². The van der Waals surface area contributed by atoms with Gasteiger partial charge in [0.05, 0.1) is 37.1 Å². The fourth-order valence-corrected chi connectivity index (χ4v) is 5.59. The molecule has 0 unspecified atom stereocenters. The van der Waals surface area contributed by atoms with Crippen LogP contribution in [0.5, 0.6) is 11.5 Å². The molecular formula is C34H40N2O7S. The number of thiazole rings is 1. The number of unbranched alkanes of at least 4 members (excludes halogenated alkanes) is 2. The Balaban J connectivity index is 1.76. The molecule has 1 aliphatic rings. The molecule has 10 heteroatoms. The molecule has 0 bridgehead atoms. The maximum Gasteiger partial charge on any atom is 0.350 e. The molecule has 0 aliphatic carbocycles. The summed E-state index contributed by atoms with van der Waals surface area (Å²) in [6.45, 7) is 11.1. The Morgan fingerprint density at radius 1 is 0.955 bits per heavy atom. The van der Waals surface area contributed by atoms with Crippen molar-refractivity contribution in [3.05, 3.63) is 75.8 Å². The average Bonchev–Trinajstić information content (AvgIpc) is 3.52. The second kappa shape index (κ2) is 15.0. The third-order valence-corrected chi connectivity index (χ3v) is 8.16. The van der Waals surface area contributed by atoms with E-state index < -0.39 is 23.7 Å². The molecule has 2 heterocycles. The van der Waals surface area contributed by atoms with Gasteiger partial charge >= 0.3 is 11.9 Å². The number of ketones is 1. The first-order valence-electron chi connectivity index (χ1n) is 15.1. The van der Waals surface area contributed by atoms with Gasteiger partial charge in [0.2, 0.25) is 0 Å². The van der Waals surface area contributed by atoms with E-state index >= 15 is 0 Å². The third kappa shape index (κ3) is 7.48. The van der Waals surface area contributed by atoms with Gasteiger partial charge in [-0.2, -0.15) is 0 Å². The van der Waals surface area contributed by atoms with Crippen LogP contribution in [0.1, 0.15) is 85.9 Å². The van der Waals surface area contributed by atoms with Crippen LogP contribution in [0.15, 0.2) is 54.1 Å². The van der Waals surface area contributed by atoms with Crippen molar-refractivity contribution in [3.8, 4) is 11.5 Å². The van der Waals surface area contributed by atoms with Crippen molar-refractivity contribution in [3.63, 3.8) is 0 Å². The molecule has 1 fully saturated rings. The molecule has 1 aliphatic heterocycles. The lowest BCUT2D eigenvalue weighted by Crippen LogP contribution is -2.29. The number of aliphatic hydroxyl groups is 1. The number of aromatic nitrogens is 1. The van der Waals surface area contributed by atoms with Gasteiger partial charge in [-0.15, -0.1) is 0 Å². The molecule has 1 saturated heterocycles. The van der Waals surface area contributed by atoms with Crippen molar-refractivity contribution >= 4 is 39.9 Å². The highest BCUT2D eigenvalue weighted by Gasteiger charge is 2.48. The van der Waals surface area contributed by atoms with Gasteiger partial charge in [-0.1, -0.05) is 64.0 Å². The van der Waals surface area contributed by atoms with E-state index in [9.17, 15) is 19.5 Å². The lowest BCUT2D eigenvalue weighted by atomic mass is 9.95. The molecule has 1 N–H and O–H groups in total. The standard InChI is InChI=1S/C34H40N2O7S/c1-6-8-18-41-25-14-10-23(11-15-25)28-27(29(37)24-12-16-26(17-13-24)42-19-9-7-2)30(38)32(39)36(28)34-35-22(5)31(44-34)33(40)43-20-21(3)4/h10-17,21,28,37H,6-9,18-20H2,1-5H3/t28-/m0/s1. The number of carbonyl (C=O) groups is 3. The second-order valence-corrected chi connectivity index (χ2v) is 12.0. The lowest BCUT2D eigenvalue weighted by Gasteiger charge is -2.23. The summed E-state index contributed by atoms with van der Waals surface area (Å²) in [5.41, 5.74) is 1.25. The molecule has 9 nitrogen and oxygen atoms in total. The van der Waals surface area contributed by atoms with Gasteiger partial charge in [0.15, 0.2) is 5.13 Å². The SMILES string of the molecule is CCCCOc1ccc(C(O)=C2C(=O)C(=O)N(c3nc(C)c(C(=O)OCC(C)C)s3)[C@H]2c2ccc(OCCCC)cc2)cc1. The number of aryl methyl sites for hydroxylation is 1. The normalized spacial score (nSPS) is 16.0. The highest BCUT2D eigenvalue weighted by atomic mass is 32.1. The monoisotopic (exact) mass is 620 g/mol. The minimum absolute atomic E-state index is 0.0777. The number of rotatable bonds is 14. The number of amides is 1. The summed E-state index contributed by atoms with van der Waals surface area (Å²) in [6, 6.07) is 12.8. The van der Waals surface area contributed by atoms with Crippen molar-refractivity contribution in [1.29, 1.82) is 0 Å². The zero-order valence-electron chi connectivity index (χ0n) is 25.9. The van der Waals surface area contributed by atoms with Gasteiger partial charge in [-0.25, -0.2) is 9.78 Å². The highest BCUT2D eigenvalue weighted by Crippen LogP contribution is 2.44. The van der Waals surface area contributed by atoms with E-state index in [-0.39, 0.29) is 33.9 Å². The van der Waals surface area contributed by atoms with Gasteiger partial charge < -0.3 is 19.3 Å². The predicted octanol–water partition coefficient (Wildman–Crippen LogP) is 7.25. The predicted molar refractivity (Wildman–Crippen MR) is 170 cm³/mol. The van der Waals surface area contributed by atoms with Crippen LogP contribution < -0.4 is 14.4 Å². The van der Waals surface area contributed by atoms with Crippen molar-refractivity contribution in [1.82, 2.24) is 4.98 Å². The fourth-order valence-electron chi connectivity index (χ4n) is 4.61. The van der Waals surface area contributed by atoms with E-state index in [2.05, 4.69) is 18.8 Å². The van der Waals surface area contributed by atoms with Gasteiger partial charge in [0.25, 0.3) is 5.78 Å². The number of carbonyl (C=O) groups excluding carboxylic acids is 3. The number of nitrogens with zero attached hydrogens (tertiary/aromatic N) is 2. The smallest absolute Gasteiger partial charge is 0.350 e. The number of ether oxygens (including phenoxy) is 3. The number of esters is 1. The molecule has 3 aromatic rings. The van der Waals surface area contributed by atoms with Crippen LogP contribution in [-0.2, 0) is 14.3 Å². The van der Waals surface area contributed by atoms with E-state index in [4.69, 9.17) is 14.2 Å². The largest absolute Gasteiger partial charge is 0.507 e. The first-order valence-corrected chi connectivity index (χ1v) is 15.9. The number of hydrogen-bond donors (Lipinski definition) is 1. The molecule has 0 spiro atoms. The van der Waals surface area contributed by atoms with Gasteiger partial charge in [0, 0.05) is 5.56 Å². The molecular weight excluding hydrogens is 580 g/mol. The quantitative estimate of drug-likeness (QED) is 0.0659. The first kappa shape index (κ1) is 32.7. The molecule has 4 rings (SSSR count). The van der Waals surface area contributed by atoms with Gasteiger partial charge in [-0.05, 0) is 67.6 Å². The summed E-state index contributed by atoms with van der Waals surface area (Å²) in [6.07, 6.45) is 3.83. The van der Waals surface area contributed by atoms with E-state index in [1.165, 1.54) is 4.90 Å². The molecule has 234 valence electrons. The van der Waals surface area contributed by atoms with E-state index in [1.54, 1.807) is 55.5 Å². The molecule has 0 radical (unpaired) electrons. The van der Waals surface area contributed by atoms with Crippen LogP contribution in [0.2, 0.25) is 0 Å². The van der Waals surface area contributed by atoms with Gasteiger partial charge in [-0.3, -0.25) is 14.5 Å². The number of Topliss-reactive ketones (excluding diaryl/α,β-unsaturated/α-hetero) is 1. The van der Waals surface area contributed by atoms with Crippen LogP contribution in [0.4, 0.5) is 5.13 Å². The van der Waals surface area contributed by atoms with Crippen LogP contribution in [0, 0.1) is 12.8 Å². The topological polar surface area (TPSA) is 115 Å². The van der Waals surface area contributed by atoms with E-state index in [0.717, 1.165) is 37.0 Å². The summed E-state index contributed by atoms with van der Waals surface area (Å²) in [5.74, 6) is -1.12. The van der Waals surface area contributed by atoms with E-state index in [1.807, 2.05) is 13.8 Å². The van der Waals surface area contributed by atoms with Crippen LogP contribution in [-0.4, -0.2) is 47.6 Å². The van der Waals surface area contributed by atoms with Crippen molar-refractivity contribution in [2.75, 3.05) is 24.7 Å². The minimum Gasteiger partial charge on any atom is -0.507 e. The van der Waals surface area contributed by atoms with Crippen molar-refractivity contribution in [2.45, 2.75) is 66.3 Å². The molecule has 1 amide bonds. The number of anilines is 1. The average molecular weight is 621 g/mol. The van der Waals surface area contributed by atoms with Gasteiger partial charge in [0.1, 0.15) is 22.1 Å². The van der Waals surface area contributed by atoms with Crippen LogP contribution >= 0.6 is 11.3 Å². The third-order valence-electron chi connectivity index (χ3n) is 7.03. The zero-order chi connectivity index (χ0) is 31.8. The molecule has 1 atom stereocenters. The molecule has 2 aromatic carbocycles. The van der Waals surface area contributed by atoms with Crippen LogP contribution in [0.25, 0.3) is 5.76 Å². The minimum atomic E-state index is -0.995. The maximum absolute atomic E-state index is 13.6. The Hall–Kier alpha value is -4.18. The Labute approximate surface area is 262 Å². The first-order chi connectivity index (χ1) is 21.2. The Morgan fingerprint density at radius 3 is 2.07 bits per heavy atom. The number of aliphatic hydroxyl groups excluding tert-OH is 1. The van der Waals surface area contributed by atoms with Crippen LogP contribution in [0.3, 0.4) is 0 Å². The number of benzene rings is 2. The summed E-state index contributed by atoms with van der Waals surface area (Å²) < 4.78 is 17.0. The number of hydrogen-bond acceptors (Lipinski definition) is 9. The van der Waals surface area contributed by atoms with E-state index in [0.29, 0.717) is 41.5 Å². The molecule has 0 saturated carbocycles. The zero-order valence-corrected chi connectivity index (χ0v) is 26.7. The lowest BCUT2D eigenvalue weighted by molar-refractivity contribution is -0.132. The Morgan fingerprint density at radius 2 is 1.52 bits per heavy atom. The summed E-state index contributed by atoms with van der Waals surface area (Å²) >= 11 is 0.980.